The smallest absolute Gasteiger partial charge is 0.259 e. The van der Waals surface area contributed by atoms with E-state index in [9.17, 15) is 4.79 Å². The predicted octanol–water partition coefficient (Wildman–Crippen LogP) is 3.47. The fourth-order valence-corrected chi connectivity index (χ4v) is 2.41. The van der Waals surface area contributed by atoms with E-state index in [0.717, 1.165) is 8.95 Å². The van der Waals surface area contributed by atoms with Gasteiger partial charge in [0.25, 0.3) is 5.91 Å². The number of nitrogens with zero attached hydrogens (tertiary/aromatic N) is 2. The molecule has 0 radical (unpaired) electrons. The molecule has 0 unspecified atom stereocenters. The second kappa shape index (κ2) is 5.71. The fourth-order valence-electron chi connectivity index (χ4n) is 1.66. The first-order valence-corrected chi connectivity index (χ1v) is 7.01. The van der Waals surface area contributed by atoms with Gasteiger partial charge in [-0.25, -0.2) is 0 Å². The van der Waals surface area contributed by atoms with Gasteiger partial charge in [-0.2, -0.15) is 0 Å². The van der Waals surface area contributed by atoms with E-state index >= 15 is 0 Å². The first kappa shape index (κ1) is 14.0. The highest BCUT2D eigenvalue weighted by molar-refractivity contribution is 9.10. The Morgan fingerprint density at radius 1 is 1.21 bits per heavy atom. The van der Waals surface area contributed by atoms with Gasteiger partial charge in [0.15, 0.2) is 0 Å². The Hall–Kier alpha value is -1.40. The highest BCUT2D eigenvalue weighted by Gasteiger charge is 2.16. The zero-order chi connectivity index (χ0) is 14.0. The third-order valence-electron chi connectivity index (χ3n) is 2.61. The van der Waals surface area contributed by atoms with Crippen LogP contribution in [0.3, 0.4) is 0 Å². The van der Waals surface area contributed by atoms with E-state index in [4.69, 9.17) is 5.73 Å². The average molecular weight is 385 g/mol. The Bertz CT molecular complexity index is 631. The SMILES string of the molecule is CN(C(=O)c1cncc(Br)c1)c1ccc(Br)cc1N. The molecule has 0 spiro atoms. The van der Waals surface area contributed by atoms with Gasteiger partial charge in [-0.3, -0.25) is 9.78 Å². The van der Waals surface area contributed by atoms with Crippen molar-refractivity contribution >= 4 is 49.1 Å². The normalized spacial score (nSPS) is 10.3. The van der Waals surface area contributed by atoms with Gasteiger partial charge in [0.05, 0.1) is 16.9 Å². The molecule has 0 bridgehead atoms. The summed E-state index contributed by atoms with van der Waals surface area (Å²) in [5.74, 6) is -0.164. The summed E-state index contributed by atoms with van der Waals surface area (Å²) in [5, 5.41) is 0. The number of benzene rings is 1. The third kappa shape index (κ3) is 3.13. The first-order chi connectivity index (χ1) is 8.99. The lowest BCUT2D eigenvalue weighted by molar-refractivity contribution is 0.0992. The van der Waals surface area contributed by atoms with Crippen molar-refractivity contribution in [3.8, 4) is 0 Å². The van der Waals surface area contributed by atoms with E-state index in [2.05, 4.69) is 36.8 Å². The molecule has 2 rings (SSSR count). The van der Waals surface area contributed by atoms with Gasteiger partial charge in [-0.15, -0.1) is 0 Å². The molecular weight excluding hydrogens is 374 g/mol. The standard InChI is InChI=1S/C13H11Br2N3O/c1-18(12-3-2-9(14)5-11(12)16)13(19)8-4-10(15)7-17-6-8/h2-7H,16H2,1H3. The minimum atomic E-state index is -0.164. The van der Waals surface area contributed by atoms with Crippen molar-refractivity contribution in [3.05, 3.63) is 51.2 Å². The first-order valence-electron chi connectivity index (χ1n) is 5.42. The number of anilines is 2. The molecule has 1 heterocycles. The van der Waals surface area contributed by atoms with E-state index in [0.29, 0.717) is 16.9 Å². The lowest BCUT2D eigenvalue weighted by Gasteiger charge is -2.19. The van der Waals surface area contributed by atoms with Gasteiger partial charge < -0.3 is 10.6 Å². The molecule has 19 heavy (non-hydrogen) atoms. The Morgan fingerprint density at radius 2 is 1.95 bits per heavy atom. The Kier molecular flexibility index (Phi) is 4.21. The summed E-state index contributed by atoms with van der Waals surface area (Å²) in [5.41, 5.74) is 7.61. The van der Waals surface area contributed by atoms with Crippen molar-refractivity contribution in [2.45, 2.75) is 0 Å². The zero-order valence-corrected chi connectivity index (χ0v) is 13.3. The molecule has 4 nitrogen and oxygen atoms in total. The molecule has 0 aliphatic carbocycles. The summed E-state index contributed by atoms with van der Waals surface area (Å²) < 4.78 is 1.63. The van der Waals surface area contributed by atoms with Gasteiger partial charge in [0.1, 0.15) is 0 Å². The third-order valence-corrected chi connectivity index (χ3v) is 3.53. The molecular formula is C13H11Br2N3O. The van der Waals surface area contributed by atoms with Crippen molar-refractivity contribution < 1.29 is 4.79 Å². The number of halogens is 2. The van der Waals surface area contributed by atoms with Crippen LogP contribution in [0.5, 0.6) is 0 Å². The highest BCUT2D eigenvalue weighted by Crippen LogP contribution is 2.27. The lowest BCUT2D eigenvalue weighted by atomic mass is 10.2. The number of carbonyl (C=O) groups excluding carboxylic acids is 1. The summed E-state index contributed by atoms with van der Waals surface area (Å²) in [4.78, 5) is 17.8. The molecule has 0 atom stereocenters. The van der Waals surface area contributed by atoms with Crippen LogP contribution in [0.1, 0.15) is 10.4 Å². The van der Waals surface area contributed by atoms with Gasteiger partial charge in [0.2, 0.25) is 0 Å². The Balaban J connectivity index is 2.33. The molecule has 0 aliphatic heterocycles. The van der Waals surface area contributed by atoms with Crippen molar-refractivity contribution in [3.63, 3.8) is 0 Å². The summed E-state index contributed by atoms with van der Waals surface area (Å²) >= 11 is 6.63. The number of aromatic nitrogens is 1. The summed E-state index contributed by atoms with van der Waals surface area (Å²) in [7, 11) is 1.68. The van der Waals surface area contributed by atoms with Crippen LogP contribution in [-0.2, 0) is 0 Å². The maximum Gasteiger partial charge on any atom is 0.259 e. The van der Waals surface area contributed by atoms with Crippen molar-refractivity contribution in [1.29, 1.82) is 0 Å². The van der Waals surface area contributed by atoms with Crippen LogP contribution in [0.2, 0.25) is 0 Å². The van der Waals surface area contributed by atoms with Crippen molar-refractivity contribution in [2.75, 3.05) is 17.7 Å². The van der Waals surface area contributed by atoms with Crippen LogP contribution in [0.15, 0.2) is 45.6 Å². The fraction of sp³-hybridized carbons (Fsp3) is 0.0769. The molecule has 2 N–H and O–H groups in total. The number of hydrogen-bond donors (Lipinski definition) is 1. The molecule has 0 fully saturated rings. The second-order valence-corrected chi connectivity index (χ2v) is 5.79. The molecule has 98 valence electrons. The average Bonchev–Trinajstić information content (AvgIpc) is 2.37. The van der Waals surface area contributed by atoms with E-state index in [1.54, 1.807) is 31.4 Å². The zero-order valence-electron chi connectivity index (χ0n) is 10.1. The Labute approximate surface area is 127 Å². The number of pyridine rings is 1. The van der Waals surface area contributed by atoms with Crippen LogP contribution < -0.4 is 10.6 Å². The maximum atomic E-state index is 12.3. The van der Waals surface area contributed by atoms with E-state index in [1.165, 1.54) is 11.1 Å². The topological polar surface area (TPSA) is 59.2 Å². The second-order valence-electron chi connectivity index (χ2n) is 3.96. The predicted molar refractivity (Wildman–Crippen MR) is 83.2 cm³/mol. The maximum absolute atomic E-state index is 12.3. The van der Waals surface area contributed by atoms with Crippen LogP contribution in [-0.4, -0.2) is 17.9 Å². The van der Waals surface area contributed by atoms with E-state index in [1.807, 2.05) is 6.07 Å². The monoisotopic (exact) mass is 383 g/mol. The molecule has 0 aliphatic rings. The largest absolute Gasteiger partial charge is 0.397 e. The summed E-state index contributed by atoms with van der Waals surface area (Å²) in [6.07, 6.45) is 3.16. The number of nitrogen functional groups attached to an aromatic ring is 1. The number of carbonyl (C=O) groups is 1. The summed E-state index contributed by atoms with van der Waals surface area (Å²) in [6, 6.07) is 7.12. The number of nitrogens with two attached hydrogens (primary N) is 1. The van der Waals surface area contributed by atoms with Crippen LogP contribution in [0.25, 0.3) is 0 Å². The number of amides is 1. The molecule has 6 heteroatoms. The van der Waals surface area contributed by atoms with Crippen LogP contribution in [0.4, 0.5) is 11.4 Å². The Morgan fingerprint density at radius 3 is 2.58 bits per heavy atom. The summed E-state index contributed by atoms with van der Waals surface area (Å²) in [6.45, 7) is 0. The minimum Gasteiger partial charge on any atom is -0.397 e. The van der Waals surface area contributed by atoms with Crippen molar-refractivity contribution in [1.82, 2.24) is 4.98 Å². The molecule has 2 aromatic rings. The van der Waals surface area contributed by atoms with Crippen LogP contribution >= 0.6 is 31.9 Å². The molecule has 0 saturated heterocycles. The highest BCUT2D eigenvalue weighted by atomic mass is 79.9. The van der Waals surface area contributed by atoms with E-state index in [-0.39, 0.29) is 5.91 Å². The van der Waals surface area contributed by atoms with Gasteiger partial charge in [-0.1, -0.05) is 15.9 Å². The molecule has 1 amide bonds. The van der Waals surface area contributed by atoms with Crippen molar-refractivity contribution in [2.24, 2.45) is 0 Å². The molecule has 0 saturated carbocycles. The van der Waals surface area contributed by atoms with Gasteiger partial charge >= 0.3 is 0 Å². The lowest BCUT2D eigenvalue weighted by Crippen LogP contribution is -2.27. The van der Waals surface area contributed by atoms with Gasteiger partial charge in [-0.05, 0) is 40.2 Å². The molecule has 1 aromatic carbocycles. The quantitative estimate of drug-likeness (QED) is 0.806. The number of hydrogen-bond acceptors (Lipinski definition) is 3. The van der Waals surface area contributed by atoms with E-state index < -0.39 is 0 Å². The number of rotatable bonds is 2. The molecule has 1 aromatic heterocycles. The minimum absolute atomic E-state index is 0.164. The van der Waals surface area contributed by atoms with Gasteiger partial charge in [0, 0.05) is 28.4 Å². The van der Waals surface area contributed by atoms with Crippen LogP contribution in [0, 0.1) is 0 Å².